The van der Waals surface area contributed by atoms with Crippen molar-refractivity contribution < 1.29 is 4.79 Å². The molecule has 94 valence electrons. The predicted octanol–water partition coefficient (Wildman–Crippen LogP) is 1.42. The van der Waals surface area contributed by atoms with Crippen molar-refractivity contribution in [2.75, 3.05) is 34.2 Å². The van der Waals surface area contributed by atoms with Crippen LogP contribution in [0.15, 0.2) is 6.07 Å². The van der Waals surface area contributed by atoms with Gasteiger partial charge in [0.1, 0.15) is 0 Å². The van der Waals surface area contributed by atoms with E-state index >= 15 is 0 Å². The predicted molar refractivity (Wildman–Crippen MR) is 67.6 cm³/mol. The van der Waals surface area contributed by atoms with Gasteiger partial charge >= 0.3 is 0 Å². The molecule has 0 aliphatic heterocycles. The van der Waals surface area contributed by atoms with Crippen LogP contribution in [0.2, 0.25) is 10.3 Å². The second kappa shape index (κ2) is 6.14. The van der Waals surface area contributed by atoms with E-state index in [-0.39, 0.29) is 21.8 Å². The van der Waals surface area contributed by atoms with Crippen LogP contribution in [0, 0.1) is 0 Å². The summed E-state index contributed by atoms with van der Waals surface area (Å²) in [7, 11) is 5.59. The Labute approximate surface area is 110 Å². The number of amides is 1. The number of nitrogens with zero attached hydrogens (tertiary/aromatic N) is 4. The topological polar surface area (TPSA) is 49.3 Å². The Morgan fingerprint density at radius 2 is 1.88 bits per heavy atom. The monoisotopic (exact) mass is 276 g/mol. The second-order valence-electron chi connectivity index (χ2n) is 3.90. The largest absolute Gasteiger partial charge is 0.340 e. The van der Waals surface area contributed by atoms with E-state index in [2.05, 4.69) is 10.2 Å². The fourth-order valence-corrected chi connectivity index (χ4v) is 1.48. The fourth-order valence-electron chi connectivity index (χ4n) is 1.16. The molecule has 1 aromatic heterocycles. The third-order valence-electron chi connectivity index (χ3n) is 2.18. The van der Waals surface area contributed by atoms with Gasteiger partial charge in [-0.25, -0.2) is 0 Å². The molecule has 17 heavy (non-hydrogen) atoms. The van der Waals surface area contributed by atoms with E-state index in [9.17, 15) is 4.79 Å². The summed E-state index contributed by atoms with van der Waals surface area (Å²) in [4.78, 5) is 15.6. The van der Waals surface area contributed by atoms with Gasteiger partial charge in [0, 0.05) is 20.1 Å². The van der Waals surface area contributed by atoms with Crippen LogP contribution in [0.5, 0.6) is 0 Å². The van der Waals surface area contributed by atoms with Crippen molar-refractivity contribution in [2.45, 2.75) is 0 Å². The van der Waals surface area contributed by atoms with Crippen molar-refractivity contribution in [3.63, 3.8) is 0 Å². The molecule has 0 atom stereocenters. The standard InChI is InChI=1S/C10H14Cl2N4O/c1-15(2)4-5-16(3)10(17)7-6-8(11)13-14-9(7)12/h6H,4-5H2,1-3H3. The van der Waals surface area contributed by atoms with Crippen LogP contribution in [0.1, 0.15) is 10.4 Å². The number of rotatable bonds is 4. The van der Waals surface area contributed by atoms with Gasteiger partial charge in [-0.2, -0.15) is 0 Å². The number of hydrogen-bond donors (Lipinski definition) is 0. The molecule has 7 heteroatoms. The van der Waals surface area contributed by atoms with Crippen molar-refractivity contribution in [2.24, 2.45) is 0 Å². The Balaban J connectivity index is 2.78. The molecule has 1 rings (SSSR count). The van der Waals surface area contributed by atoms with Crippen LogP contribution in [0.4, 0.5) is 0 Å². The second-order valence-corrected chi connectivity index (χ2v) is 4.65. The van der Waals surface area contributed by atoms with E-state index < -0.39 is 0 Å². The first kappa shape index (κ1) is 14.2. The number of hydrogen-bond acceptors (Lipinski definition) is 4. The maximum atomic E-state index is 12.0. The van der Waals surface area contributed by atoms with E-state index in [1.807, 2.05) is 19.0 Å². The van der Waals surface area contributed by atoms with Crippen LogP contribution in [0.3, 0.4) is 0 Å². The van der Waals surface area contributed by atoms with Crippen molar-refractivity contribution >= 4 is 29.1 Å². The maximum absolute atomic E-state index is 12.0. The molecule has 0 fully saturated rings. The molecule has 0 saturated heterocycles. The van der Waals surface area contributed by atoms with Gasteiger partial charge in [0.05, 0.1) is 5.56 Å². The van der Waals surface area contributed by atoms with Gasteiger partial charge in [0.25, 0.3) is 5.91 Å². The number of likely N-dealkylation sites (N-methyl/N-ethyl adjacent to an activating group) is 2. The molecule has 1 aromatic rings. The Morgan fingerprint density at radius 3 is 2.47 bits per heavy atom. The first-order valence-corrected chi connectivity index (χ1v) is 5.76. The molecule has 1 amide bonds. The van der Waals surface area contributed by atoms with Gasteiger partial charge in [0.2, 0.25) is 0 Å². The summed E-state index contributed by atoms with van der Waals surface area (Å²) in [6, 6.07) is 1.42. The smallest absolute Gasteiger partial charge is 0.256 e. The minimum absolute atomic E-state index is 0.0658. The van der Waals surface area contributed by atoms with Crippen LogP contribution in [-0.2, 0) is 0 Å². The number of aromatic nitrogens is 2. The Bertz CT molecular complexity index is 411. The SMILES string of the molecule is CN(C)CCN(C)C(=O)c1cc(Cl)nnc1Cl. The molecule has 0 aliphatic rings. The lowest BCUT2D eigenvalue weighted by Gasteiger charge is -2.19. The minimum atomic E-state index is -0.214. The molecule has 0 unspecified atom stereocenters. The average molecular weight is 277 g/mol. The van der Waals surface area contributed by atoms with E-state index in [0.717, 1.165) is 6.54 Å². The first-order chi connectivity index (χ1) is 7.91. The molecule has 0 radical (unpaired) electrons. The van der Waals surface area contributed by atoms with Gasteiger partial charge in [-0.05, 0) is 20.2 Å². The molecular weight excluding hydrogens is 263 g/mol. The molecule has 0 spiro atoms. The molecule has 1 heterocycles. The third kappa shape index (κ3) is 4.11. The van der Waals surface area contributed by atoms with Crippen molar-refractivity contribution in [1.82, 2.24) is 20.0 Å². The van der Waals surface area contributed by atoms with Gasteiger partial charge in [0.15, 0.2) is 10.3 Å². The van der Waals surface area contributed by atoms with Crippen molar-refractivity contribution in [1.29, 1.82) is 0 Å². The Kier molecular flexibility index (Phi) is 5.11. The Hall–Kier alpha value is -0.910. The van der Waals surface area contributed by atoms with Crippen LogP contribution >= 0.6 is 23.2 Å². The third-order valence-corrected chi connectivity index (χ3v) is 2.64. The van der Waals surface area contributed by atoms with Crippen LogP contribution in [-0.4, -0.2) is 60.1 Å². The molecule has 0 saturated carbocycles. The highest BCUT2D eigenvalue weighted by Crippen LogP contribution is 2.16. The van der Waals surface area contributed by atoms with E-state index in [0.29, 0.717) is 6.54 Å². The summed E-state index contributed by atoms with van der Waals surface area (Å²) in [6.45, 7) is 1.37. The lowest BCUT2D eigenvalue weighted by molar-refractivity contribution is 0.0786. The van der Waals surface area contributed by atoms with Gasteiger partial charge in [-0.3, -0.25) is 4.79 Å². The highest BCUT2D eigenvalue weighted by atomic mass is 35.5. The van der Waals surface area contributed by atoms with Crippen LogP contribution < -0.4 is 0 Å². The van der Waals surface area contributed by atoms with Gasteiger partial charge < -0.3 is 9.80 Å². The molecule has 0 bridgehead atoms. The summed E-state index contributed by atoms with van der Waals surface area (Å²) in [5.41, 5.74) is 0.271. The van der Waals surface area contributed by atoms with Crippen LogP contribution in [0.25, 0.3) is 0 Å². The van der Waals surface area contributed by atoms with E-state index in [1.54, 1.807) is 11.9 Å². The number of halogens is 2. The van der Waals surface area contributed by atoms with E-state index in [1.165, 1.54) is 6.07 Å². The summed E-state index contributed by atoms with van der Waals surface area (Å²) in [5.74, 6) is -0.214. The summed E-state index contributed by atoms with van der Waals surface area (Å²) >= 11 is 11.5. The lowest BCUT2D eigenvalue weighted by atomic mass is 10.2. The molecular formula is C10H14Cl2N4O. The molecule has 5 nitrogen and oxygen atoms in total. The quantitative estimate of drug-likeness (QED) is 0.835. The highest BCUT2D eigenvalue weighted by Gasteiger charge is 2.17. The summed E-state index contributed by atoms with van der Waals surface area (Å²) < 4.78 is 0. The number of carbonyl (C=O) groups is 1. The normalized spacial score (nSPS) is 10.7. The average Bonchev–Trinajstić information content (AvgIpc) is 2.28. The first-order valence-electron chi connectivity index (χ1n) is 5.00. The van der Waals surface area contributed by atoms with E-state index in [4.69, 9.17) is 23.2 Å². The molecule has 0 N–H and O–H groups in total. The highest BCUT2D eigenvalue weighted by molar-refractivity contribution is 6.34. The lowest BCUT2D eigenvalue weighted by Crippen LogP contribution is -2.33. The minimum Gasteiger partial charge on any atom is -0.340 e. The van der Waals surface area contributed by atoms with Gasteiger partial charge in [-0.15, -0.1) is 10.2 Å². The maximum Gasteiger partial charge on any atom is 0.256 e. The summed E-state index contributed by atoms with van der Waals surface area (Å²) in [5, 5.41) is 7.38. The zero-order valence-corrected chi connectivity index (χ0v) is 11.5. The molecule has 0 aliphatic carbocycles. The number of carbonyl (C=O) groups excluding carboxylic acids is 1. The molecule has 0 aromatic carbocycles. The van der Waals surface area contributed by atoms with Gasteiger partial charge in [-0.1, -0.05) is 23.2 Å². The zero-order valence-electron chi connectivity index (χ0n) is 9.94. The van der Waals surface area contributed by atoms with Crippen molar-refractivity contribution in [3.8, 4) is 0 Å². The Morgan fingerprint density at radius 1 is 1.24 bits per heavy atom. The zero-order chi connectivity index (χ0) is 13.0. The van der Waals surface area contributed by atoms with Crippen molar-refractivity contribution in [3.05, 3.63) is 21.9 Å². The summed E-state index contributed by atoms with van der Waals surface area (Å²) in [6.07, 6.45) is 0. The fraction of sp³-hybridized carbons (Fsp3) is 0.500.